The number of carbonyl (C=O) groups excluding carboxylic acids is 1. The first-order valence-electron chi connectivity index (χ1n) is 7.80. The van der Waals surface area contributed by atoms with Crippen LogP contribution in [-0.2, 0) is 14.8 Å². The van der Waals surface area contributed by atoms with E-state index in [2.05, 4.69) is 4.72 Å². The van der Waals surface area contributed by atoms with E-state index in [1.165, 1.54) is 29.2 Å². The molecule has 1 unspecified atom stereocenters. The first kappa shape index (κ1) is 18.3. The third kappa shape index (κ3) is 3.54. The molecule has 26 heavy (non-hydrogen) atoms. The molecule has 1 fully saturated rings. The molecule has 1 amide bonds. The van der Waals surface area contributed by atoms with Crippen LogP contribution in [0.5, 0.6) is 0 Å². The van der Waals surface area contributed by atoms with Crippen molar-refractivity contribution in [2.45, 2.75) is 12.5 Å². The molecule has 138 valence electrons. The smallest absolute Gasteiger partial charge is 0.243 e. The van der Waals surface area contributed by atoms with Gasteiger partial charge in [0.2, 0.25) is 15.9 Å². The van der Waals surface area contributed by atoms with Crippen molar-refractivity contribution in [3.8, 4) is 11.1 Å². The molecule has 2 aromatic rings. The highest BCUT2D eigenvalue weighted by molar-refractivity contribution is 7.92. The lowest BCUT2D eigenvalue weighted by Gasteiger charge is -2.18. The Bertz CT molecular complexity index is 979. The molecule has 3 N–H and O–H groups in total. The zero-order chi connectivity index (χ0) is 19.1. The summed E-state index contributed by atoms with van der Waals surface area (Å²) in [5.41, 5.74) is 5.75. The summed E-state index contributed by atoms with van der Waals surface area (Å²) in [6.07, 6.45) is 1.36. The summed E-state index contributed by atoms with van der Waals surface area (Å²) in [5, 5.41) is 0. The lowest BCUT2D eigenvalue weighted by molar-refractivity contribution is -0.118. The van der Waals surface area contributed by atoms with Crippen LogP contribution < -0.4 is 15.4 Å². The quantitative estimate of drug-likeness (QED) is 0.848. The van der Waals surface area contributed by atoms with E-state index in [0.29, 0.717) is 18.7 Å². The molecule has 0 spiro atoms. The standard InChI is InChI=1S/C17H17F2N3O3S/c1-26(24,25)21-16-12(3-2-4-13(16)18)11-6-5-10(9-14(11)19)22-8-7-15(20)17(22)23/h2-6,9,15,21H,7-8,20H2,1H3. The normalized spacial score (nSPS) is 17.6. The predicted molar refractivity (Wildman–Crippen MR) is 95.2 cm³/mol. The number of amides is 1. The van der Waals surface area contributed by atoms with Crippen molar-refractivity contribution in [2.24, 2.45) is 5.73 Å². The van der Waals surface area contributed by atoms with Crippen molar-refractivity contribution >= 4 is 27.3 Å². The molecule has 0 saturated carbocycles. The fraction of sp³-hybridized carbons (Fsp3) is 0.235. The third-order valence-corrected chi connectivity index (χ3v) is 4.68. The van der Waals surface area contributed by atoms with Crippen LogP contribution in [0.4, 0.5) is 20.2 Å². The lowest BCUT2D eigenvalue weighted by atomic mass is 10.0. The number of anilines is 2. The molecule has 1 atom stereocenters. The molecule has 0 radical (unpaired) electrons. The van der Waals surface area contributed by atoms with Crippen LogP contribution in [0.1, 0.15) is 6.42 Å². The maximum absolute atomic E-state index is 14.7. The van der Waals surface area contributed by atoms with E-state index >= 15 is 0 Å². The second kappa shape index (κ2) is 6.65. The Balaban J connectivity index is 2.04. The summed E-state index contributed by atoms with van der Waals surface area (Å²) >= 11 is 0. The van der Waals surface area contributed by atoms with Crippen molar-refractivity contribution in [3.05, 3.63) is 48.0 Å². The minimum atomic E-state index is -3.76. The van der Waals surface area contributed by atoms with Gasteiger partial charge in [0.1, 0.15) is 11.6 Å². The van der Waals surface area contributed by atoms with Gasteiger partial charge in [-0.15, -0.1) is 0 Å². The summed E-state index contributed by atoms with van der Waals surface area (Å²) in [6.45, 7) is 0.389. The second-order valence-electron chi connectivity index (χ2n) is 6.09. The number of para-hydroxylation sites is 1. The van der Waals surface area contributed by atoms with Gasteiger partial charge in [0, 0.05) is 23.4 Å². The molecule has 1 saturated heterocycles. The second-order valence-corrected chi connectivity index (χ2v) is 7.83. The number of sulfonamides is 1. The molecule has 9 heteroatoms. The van der Waals surface area contributed by atoms with Gasteiger partial charge in [-0.2, -0.15) is 0 Å². The Labute approximate surface area is 149 Å². The predicted octanol–water partition coefficient (Wildman–Crippen LogP) is 2.07. The van der Waals surface area contributed by atoms with Crippen LogP contribution in [0.25, 0.3) is 11.1 Å². The maximum Gasteiger partial charge on any atom is 0.243 e. The van der Waals surface area contributed by atoms with E-state index in [9.17, 15) is 22.0 Å². The highest BCUT2D eigenvalue weighted by Crippen LogP contribution is 2.34. The Hall–Kier alpha value is -2.52. The van der Waals surface area contributed by atoms with Gasteiger partial charge in [-0.3, -0.25) is 9.52 Å². The van der Waals surface area contributed by atoms with Gasteiger partial charge in [-0.25, -0.2) is 17.2 Å². The van der Waals surface area contributed by atoms with Crippen LogP contribution in [0, 0.1) is 11.6 Å². The SMILES string of the molecule is CS(=O)(=O)Nc1c(F)cccc1-c1ccc(N2CCC(N)C2=O)cc1F. The number of nitrogens with two attached hydrogens (primary N) is 1. The average molecular weight is 381 g/mol. The Morgan fingerprint density at radius 2 is 1.88 bits per heavy atom. The van der Waals surface area contributed by atoms with Crippen LogP contribution in [0.2, 0.25) is 0 Å². The van der Waals surface area contributed by atoms with E-state index in [-0.39, 0.29) is 22.7 Å². The Morgan fingerprint density at radius 3 is 2.46 bits per heavy atom. The molecule has 2 aromatic carbocycles. The molecular weight excluding hydrogens is 364 g/mol. The summed E-state index contributed by atoms with van der Waals surface area (Å²) in [6, 6.07) is 7.29. The molecule has 1 aliphatic heterocycles. The van der Waals surface area contributed by atoms with Gasteiger partial charge < -0.3 is 10.6 Å². The molecule has 6 nitrogen and oxygen atoms in total. The van der Waals surface area contributed by atoms with Crippen molar-refractivity contribution in [1.82, 2.24) is 0 Å². The first-order chi connectivity index (χ1) is 12.2. The Kier molecular flexibility index (Phi) is 4.68. The maximum atomic E-state index is 14.7. The minimum absolute atomic E-state index is 0.00958. The molecule has 0 aliphatic carbocycles. The summed E-state index contributed by atoms with van der Waals surface area (Å²) < 4.78 is 53.8. The summed E-state index contributed by atoms with van der Waals surface area (Å²) in [7, 11) is -3.76. The third-order valence-electron chi connectivity index (χ3n) is 4.10. The molecule has 1 aliphatic rings. The molecule has 3 rings (SSSR count). The fourth-order valence-electron chi connectivity index (χ4n) is 2.89. The number of nitrogens with zero attached hydrogens (tertiary/aromatic N) is 1. The number of nitrogens with one attached hydrogen (secondary N) is 1. The number of carbonyl (C=O) groups is 1. The van der Waals surface area contributed by atoms with Gasteiger partial charge in [0.05, 0.1) is 18.0 Å². The number of rotatable bonds is 4. The van der Waals surface area contributed by atoms with Gasteiger partial charge >= 0.3 is 0 Å². The van der Waals surface area contributed by atoms with Crippen molar-refractivity contribution in [1.29, 1.82) is 0 Å². The van der Waals surface area contributed by atoms with Crippen LogP contribution in [-0.4, -0.2) is 33.2 Å². The van der Waals surface area contributed by atoms with Crippen LogP contribution in [0.15, 0.2) is 36.4 Å². The van der Waals surface area contributed by atoms with Gasteiger partial charge in [0.15, 0.2) is 0 Å². The van der Waals surface area contributed by atoms with Gasteiger partial charge in [-0.1, -0.05) is 12.1 Å². The van der Waals surface area contributed by atoms with E-state index < -0.39 is 27.7 Å². The topological polar surface area (TPSA) is 92.5 Å². The lowest BCUT2D eigenvalue weighted by Crippen LogP contribution is -2.33. The van der Waals surface area contributed by atoms with Crippen LogP contribution in [0.3, 0.4) is 0 Å². The zero-order valence-corrected chi connectivity index (χ0v) is 14.7. The van der Waals surface area contributed by atoms with Crippen molar-refractivity contribution < 1.29 is 22.0 Å². The van der Waals surface area contributed by atoms with Crippen molar-refractivity contribution in [2.75, 3.05) is 22.4 Å². The van der Waals surface area contributed by atoms with Crippen molar-refractivity contribution in [3.63, 3.8) is 0 Å². The van der Waals surface area contributed by atoms with E-state index in [1.807, 2.05) is 0 Å². The minimum Gasteiger partial charge on any atom is -0.320 e. The first-order valence-corrected chi connectivity index (χ1v) is 9.69. The van der Waals surface area contributed by atoms with Gasteiger partial charge in [0.25, 0.3) is 0 Å². The largest absolute Gasteiger partial charge is 0.320 e. The monoisotopic (exact) mass is 381 g/mol. The fourth-order valence-corrected chi connectivity index (χ4v) is 3.46. The van der Waals surface area contributed by atoms with E-state index in [1.54, 1.807) is 0 Å². The zero-order valence-electron chi connectivity index (χ0n) is 13.9. The number of halogens is 2. The molecular formula is C17H17F2N3O3S. The summed E-state index contributed by atoms with van der Waals surface area (Å²) in [4.78, 5) is 13.4. The average Bonchev–Trinajstić information content (AvgIpc) is 2.88. The molecule has 0 aromatic heterocycles. The molecule has 0 bridgehead atoms. The van der Waals surface area contributed by atoms with E-state index in [0.717, 1.165) is 18.4 Å². The molecule has 1 heterocycles. The Morgan fingerprint density at radius 1 is 1.15 bits per heavy atom. The number of hydrogen-bond donors (Lipinski definition) is 2. The number of hydrogen-bond acceptors (Lipinski definition) is 4. The van der Waals surface area contributed by atoms with Gasteiger partial charge in [-0.05, 0) is 30.7 Å². The van der Waals surface area contributed by atoms with E-state index in [4.69, 9.17) is 5.73 Å². The highest BCUT2D eigenvalue weighted by atomic mass is 32.2. The number of benzene rings is 2. The highest BCUT2D eigenvalue weighted by Gasteiger charge is 2.30. The van der Waals surface area contributed by atoms with Crippen LogP contribution >= 0.6 is 0 Å². The summed E-state index contributed by atoms with van der Waals surface area (Å²) in [5.74, 6) is -1.82.